The molecule has 0 nitrogen and oxygen atoms in total. The van der Waals surface area contributed by atoms with E-state index in [9.17, 15) is 26.3 Å². The Kier molecular flexibility index (Phi) is 4.27. The highest BCUT2D eigenvalue weighted by molar-refractivity contribution is 6.49. The van der Waals surface area contributed by atoms with Crippen molar-refractivity contribution in [1.29, 1.82) is 0 Å². The predicted octanol–water partition coefficient (Wildman–Crippen LogP) is 4.28. The highest BCUT2D eigenvalue weighted by Gasteiger charge is 2.56. The molecule has 0 aromatic heterocycles. The summed E-state index contributed by atoms with van der Waals surface area (Å²) < 4.78 is 67.4. The fraction of sp³-hybridized carbons (Fsp3) is 1.00. The summed E-state index contributed by atoms with van der Waals surface area (Å²) in [5.74, 6) is 0. The maximum atomic E-state index is 11.9. The van der Waals surface area contributed by atoms with Crippen LogP contribution in [0.4, 0.5) is 26.3 Å². The zero-order chi connectivity index (χ0) is 11.8. The minimum absolute atomic E-state index is 1.65. The molecule has 1 atom stereocenters. The van der Waals surface area contributed by atoms with Crippen LogP contribution in [0.1, 0.15) is 6.42 Å². The Morgan fingerprint density at radius 3 is 1.50 bits per heavy atom. The Labute approximate surface area is 90.1 Å². The predicted molar refractivity (Wildman–Crippen MR) is 40.8 cm³/mol. The lowest BCUT2D eigenvalue weighted by atomic mass is 10.2. The Hall–Kier alpha value is 0.450. The summed E-state index contributed by atoms with van der Waals surface area (Å²) in [6, 6.07) is 0. The molecule has 0 fully saturated rings. The average molecular weight is 283 g/mol. The summed E-state index contributed by atoms with van der Waals surface area (Å²) in [6.45, 7) is 0. The minimum atomic E-state index is -5.16. The van der Waals surface area contributed by atoms with E-state index in [1.165, 1.54) is 0 Å². The molecule has 0 heterocycles. The molecule has 0 radical (unpaired) electrons. The summed E-state index contributed by atoms with van der Waals surface area (Å²) >= 11 is 14.0. The average Bonchev–Trinajstić information content (AvgIpc) is 1.80. The molecule has 0 rings (SSSR count). The quantitative estimate of drug-likeness (QED) is 0.524. The van der Waals surface area contributed by atoms with E-state index < -0.39 is 28.5 Å². The summed E-state index contributed by atoms with van der Waals surface area (Å²) in [5, 5.41) is -2.74. The van der Waals surface area contributed by atoms with Gasteiger partial charge in [-0.2, -0.15) is 26.3 Å². The van der Waals surface area contributed by atoms with E-state index in [1.807, 2.05) is 0 Å². The van der Waals surface area contributed by atoms with Crippen LogP contribution >= 0.6 is 34.8 Å². The molecule has 14 heavy (non-hydrogen) atoms. The zero-order valence-electron chi connectivity index (χ0n) is 6.19. The standard InChI is InChI=1S/C5H3Cl3F6/c6-2(4(9,10)11)1-3(7,8)5(12,13)14/h2H,1H2. The van der Waals surface area contributed by atoms with Gasteiger partial charge in [-0.25, -0.2) is 0 Å². The molecule has 0 saturated heterocycles. The highest BCUT2D eigenvalue weighted by atomic mass is 35.5. The number of hydrogen-bond acceptors (Lipinski definition) is 0. The van der Waals surface area contributed by atoms with Gasteiger partial charge in [-0.1, -0.05) is 23.2 Å². The van der Waals surface area contributed by atoms with Crippen molar-refractivity contribution in [3.8, 4) is 0 Å². The van der Waals surface area contributed by atoms with Crippen LogP contribution in [0.15, 0.2) is 0 Å². The first-order valence-corrected chi connectivity index (χ1v) is 4.22. The van der Waals surface area contributed by atoms with Gasteiger partial charge >= 0.3 is 12.4 Å². The molecule has 0 aromatic rings. The lowest BCUT2D eigenvalue weighted by Crippen LogP contribution is -2.40. The Morgan fingerprint density at radius 2 is 1.29 bits per heavy atom. The monoisotopic (exact) mass is 282 g/mol. The first kappa shape index (κ1) is 14.5. The molecule has 0 aliphatic heterocycles. The first-order valence-electron chi connectivity index (χ1n) is 3.03. The molecule has 0 bridgehead atoms. The van der Waals surface area contributed by atoms with Gasteiger partial charge in [0.05, 0.1) is 0 Å². The largest absolute Gasteiger partial charge is 0.421 e. The van der Waals surface area contributed by atoms with E-state index in [1.54, 1.807) is 0 Å². The smallest absolute Gasteiger partial charge is 0.169 e. The molecule has 0 amide bonds. The molecule has 9 heteroatoms. The maximum absolute atomic E-state index is 11.9. The van der Waals surface area contributed by atoms with Crippen LogP contribution < -0.4 is 0 Å². The van der Waals surface area contributed by atoms with Crippen LogP contribution in [0.25, 0.3) is 0 Å². The first-order chi connectivity index (χ1) is 5.88. The third-order valence-electron chi connectivity index (χ3n) is 1.21. The number of alkyl halides is 9. The molecule has 1 unspecified atom stereocenters. The molecule has 0 spiro atoms. The minimum Gasteiger partial charge on any atom is -0.169 e. The second kappa shape index (κ2) is 4.14. The second-order valence-corrected chi connectivity index (χ2v) is 4.43. The lowest BCUT2D eigenvalue weighted by molar-refractivity contribution is -0.160. The molecular formula is C5H3Cl3F6. The van der Waals surface area contributed by atoms with Gasteiger partial charge in [0.25, 0.3) is 0 Å². The molecule has 0 aliphatic rings. The summed E-state index contributed by atoms with van der Waals surface area (Å²) in [6.07, 6.45) is -11.8. The van der Waals surface area contributed by atoms with Gasteiger partial charge < -0.3 is 0 Å². The van der Waals surface area contributed by atoms with Crippen molar-refractivity contribution in [2.24, 2.45) is 0 Å². The fourth-order valence-corrected chi connectivity index (χ4v) is 1.15. The third-order valence-corrected chi connectivity index (χ3v) is 2.34. The van der Waals surface area contributed by atoms with Crippen LogP contribution in [0.2, 0.25) is 0 Å². The molecule has 86 valence electrons. The molecule has 0 aromatic carbocycles. The number of rotatable bonds is 2. The van der Waals surface area contributed by atoms with Crippen LogP contribution in [-0.4, -0.2) is 22.1 Å². The molecule has 0 aliphatic carbocycles. The van der Waals surface area contributed by atoms with Crippen molar-refractivity contribution >= 4 is 34.8 Å². The van der Waals surface area contributed by atoms with Crippen molar-refractivity contribution in [3.05, 3.63) is 0 Å². The normalized spacial score (nSPS) is 16.9. The number of halogens is 9. The second-order valence-electron chi connectivity index (χ2n) is 2.42. The summed E-state index contributed by atoms with van der Waals surface area (Å²) in [4.78, 5) is 0. The summed E-state index contributed by atoms with van der Waals surface area (Å²) in [7, 11) is 0. The van der Waals surface area contributed by atoms with Crippen LogP contribution in [0.3, 0.4) is 0 Å². The van der Waals surface area contributed by atoms with E-state index in [0.29, 0.717) is 0 Å². The van der Waals surface area contributed by atoms with Gasteiger partial charge in [-0.15, -0.1) is 11.6 Å². The Balaban J connectivity index is 4.53. The Bertz CT molecular complexity index is 195. The summed E-state index contributed by atoms with van der Waals surface area (Å²) in [5.41, 5.74) is 0. The van der Waals surface area contributed by atoms with Crippen LogP contribution in [-0.2, 0) is 0 Å². The fourth-order valence-electron chi connectivity index (χ4n) is 0.457. The lowest BCUT2D eigenvalue weighted by Gasteiger charge is -2.25. The molecule has 0 N–H and O–H groups in total. The van der Waals surface area contributed by atoms with Gasteiger partial charge in [0.15, 0.2) is 0 Å². The van der Waals surface area contributed by atoms with E-state index in [0.717, 1.165) is 0 Å². The van der Waals surface area contributed by atoms with Crippen molar-refractivity contribution in [1.82, 2.24) is 0 Å². The molecular weight excluding hydrogens is 280 g/mol. The van der Waals surface area contributed by atoms with Gasteiger partial charge in [-0.05, 0) is 0 Å². The SMILES string of the molecule is FC(F)(F)C(Cl)CC(Cl)(Cl)C(F)(F)F. The van der Waals surface area contributed by atoms with Gasteiger partial charge in [0.2, 0.25) is 4.33 Å². The third kappa shape index (κ3) is 3.90. The Morgan fingerprint density at radius 1 is 0.929 bits per heavy atom. The van der Waals surface area contributed by atoms with E-state index >= 15 is 0 Å². The highest BCUT2D eigenvalue weighted by Crippen LogP contribution is 2.46. The zero-order valence-corrected chi connectivity index (χ0v) is 8.45. The van der Waals surface area contributed by atoms with E-state index in [-0.39, 0.29) is 0 Å². The van der Waals surface area contributed by atoms with Crippen molar-refractivity contribution in [2.75, 3.05) is 0 Å². The van der Waals surface area contributed by atoms with Gasteiger partial charge in [-0.3, -0.25) is 0 Å². The van der Waals surface area contributed by atoms with Crippen molar-refractivity contribution in [3.63, 3.8) is 0 Å². The van der Waals surface area contributed by atoms with E-state index in [2.05, 4.69) is 34.8 Å². The topological polar surface area (TPSA) is 0 Å². The van der Waals surface area contributed by atoms with Crippen molar-refractivity contribution < 1.29 is 26.3 Å². The number of hydrogen-bond donors (Lipinski definition) is 0. The molecule has 0 saturated carbocycles. The van der Waals surface area contributed by atoms with Crippen molar-refractivity contribution in [2.45, 2.75) is 28.5 Å². The van der Waals surface area contributed by atoms with Gasteiger partial charge in [0, 0.05) is 6.42 Å². The van der Waals surface area contributed by atoms with Crippen LogP contribution in [0.5, 0.6) is 0 Å². The van der Waals surface area contributed by atoms with Crippen LogP contribution in [0, 0.1) is 0 Å². The van der Waals surface area contributed by atoms with E-state index in [4.69, 9.17) is 0 Å². The van der Waals surface area contributed by atoms with Gasteiger partial charge in [0.1, 0.15) is 5.38 Å². The maximum Gasteiger partial charge on any atom is 0.421 e.